The second kappa shape index (κ2) is 8.02. The average molecular weight is 233 g/mol. The van der Waals surface area contributed by atoms with Gasteiger partial charge in [-0.05, 0) is 31.1 Å². The first kappa shape index (κ1) is 14.8. The van der Waals surface area contributed by atoms with E-state index in [-0.39, 0.29) is 23.7 Å². The first-order valence-electron chi connectivity index (χ1n) is 5.32. The molecule has 4 atom stereocenters. The van der Waals surface area contributed by atoms with Crippen molar-refractivity contribution in [2.45, 2.75) is 38.4 Å². The van der Waals surface area contributed by atoms with Crippen LogP contribution in [-0.2, 0) is 11.1 Å². The number of allylic oxidation sites excluding steroid dienone is 1. The zero-order valence-corrected chi connectivity index (χ0v) is 10.3. The molecule has 1 N–H and O–H groups in total. The molecule has 0 bridgehead atoms. The fraction of sp³-hybridized carbons (Fsp3) is 0.818. The Morgan fingerprint density at radius 2 is 2.13 bits per heavy atom. The van der Waals surface area contributed by atoms with Gasteiger partial charge in [-0.25, -0.2) is 0 Å². The van der Waals surface area contributed by atoms with Gasteiger partial charge in [0.25, 0.3) is 0 Å². The molecule has 90 valence electrons. The van der Waals surface area contributed by atoms with Crippen molar-refractivity contribution in [2.24, 2.45) is 11.8 Å². The fourth-order valence-corrected chi connectivity index (χ4v) is 2.63. The van der Waals surface area contributed by atoms with E-state index in [1.807, 2.05) is 13.8 Å². The molecule has 3 nitrogen and oxygen atoms in total. The van der Waals surface area contributed by atoms with Crippen LogP contribution in [-0.4, -0.2) is 25.7 Å². The van der Waals surface area contributed by atoms with E-state index in [4.69, 9.17) is 5.11 Å². The van der Waals surface area contributed by atoms with Gasteiger partial charge in [-0.15, -0.1) is 6.58 Å². The van der Waals surface area contributed by atoms with Crippen LogP contribution < -0.4 is 0 Å². The van der Waals surface area contributed by atoms with Crippen molar-refractivity contribution >= 4 is 11.1 Å². The highest BCUT2D eigenvalue weighted by Crippen LogP contribution is 2.22. The van der Waals surface area contributed by atoms with Crippen LogP contribution in [0.3, 0.4) is 0 Å². The van der Waals surface area contributed by atoms with Gasteiger partial charge >= 0.3 is 0 Å². The van der Waals surface area contributed by atoms with Crippen molar-refractivity contribution in [1.82, 2.24) is 0 Å². The van der Waals surface area contributed by atoms with E-state index in [0.717, 1.165) is 0 Å². The molecule has 0 rings (SSSR count). The lowest BCUT2D eigenvalue weighted by Gasteiger charge is -2.27. The first-order chi connectivity index (χ1) is 7.02. The van der Waals surface area contributed by atoms with Gasteiger partial charge < -0.3 is 9.66 Å². The highest BCUT2D eigenvalue weighted by atomic mass is 32.2. The van der Waals surface area contributed by atoms with E-state index >= 15 is 0 Å². The van der Waals surface area contributed by atoms with E-state index in [1.165, 1.54) is 0 Å². The number of aliphatic hydroxyl groups excluding tert-OH is 1. The second-order valence-electron chi connectivity index (χ2n) is 4.15. The third-order valence-corrected chi connectivity index (χ3v) is 3.83. The minimum atomic E-state index is -2.04. The normalized spacial score (nSPS) is 19.2. The van der Waals surface area contributed by atoms with Crippen molar-refractivity contribution in [3.05, 3.63) is 12.7 Å². The summed E-state index contributed by atoms with van der Waals surface area (Å²) in [4.78, 5) is 0. The van der Waals surface area contributed by atoms with E-state index in [1.54, 1.807) is 6.08 Å². The van der Waals surface area contributed by atoms with Crippen LogP contribution in [0.2, 0.25) is 0 Å². The van der Waals surface area contributed by atoms with Gasteiger partial charge in [0.1, 0.15) is 0 Å². The van der Waals surface area contributed by atoms with Gasteiger partial charge in [-0.2, -0.15) is 0 Å². The topological polar surface area (TPSA) is 60.4 Å². The molecule has 1 unspecified atom stereocenters. The molecule has 0 amide bonds. The maximum Gasteiger partial charge on any atom is 0.0433 e. The minimum absolute atomic E-state index is 0.0991. The SMILES string of the molecule is C=CC[C@@H](C)[C@H](C[C@@H](C)CCO)S(=O)[O-]. The Hall–Kier alpha value is -0.190. The predicted molar refractivity (Wildman–Crippen MR) is 62.2 cm³/mol. The maximum atomic E-state index is 11.1. The lowest BCUT2D eigenvalue weighted by atomic mass is 9.93. The van der Waals surface area contributed by atoms with Gasteiger partial charge in [0.2, 0.25) is 0 Å². The molecule has 0 saturated carbocycles. The summed E-state index contributed by atoms with van der Waals surface area (Å²) in [7, 11) is 0. The van der Waals surface area contributed by atoms with E-state index < -0.39 is 11.1 Å². The lowest BCUT2D eigenvalue weighted by molar-refractivity contribution is 0.253. The highest BCUT2D eigenvalue weighted by molar-refractivity contribution is 7.79. The Morgan fingerprint density at radius 1 is 1.53 bits per heavy atom. The molecule has 0 aromatic rings. The minimum Gasteiger partial charge on any atom is -0.772 e. The zero-order valence-electron chi connectivity index (χ0n) is 9.52. The van der Waals surface area contributed by atoms with Gasteiger partial charge in [0.15, 0.2) is 0 Å². The molecule has 0 spiro atoms. The number of rotatable bonds is 8. The van der Waals surface area contributed by atoms with Crippen LogP contribution in [0.25, 0.3) is 0 Å². The first-order valence-corrected chi connectivity index (χ1v) is 6.46. The van der Waals surface area contributed by atoms with E-state index in [9.17, 15) is 8.76 Å². The zero-order chi connectivity index (χ0) is 11.8. The molecule has 0 fully saturated rings. The summed E-state index contributed by atoms with van der Waals surface area (Å²) < 4.78 is 22.1. The molecule has 0 aromatic carbocycles. The third kappa shape index (κ3) is 6.07. The lowest BCUT2D eigenvalue weighted by Crippen LogP contribution is -2.26. The summed E-state index contributed by atoms with van der Waals surface area (Å²) >= 11 is -2.04. The Balaban J connectivity index is 4.26. The summed E-state index contributed by atoms with van der Waals surface area (Å²) in [6.45, 7) is 7.63. The van der Waals surface area contributed by atoms with E-state index in [0.29, 0.717) is 19.3 Å². The van der Waals surface area contributed by atoms with Crippen molar-refractivity contribution < 1.29 is 13.9 Å². The second-order valence-corrected chi connectivity index (χ2v) is 5.28. The van der Waals surface area contributed by atoms with Gasteiger partial charge in [0.05, 0.1) is 0 Å². The van der Waals surface area contributed by atoms with Crippen LogP contribution in [0.5, 0.6) is 0 Å². The van der Waals surface area contributed by atoms with Gasteiger partial charge in [0, 0.05) is 11.9 Å². The molecular weight excluding hydrogens is 212 g/mol. The Bertz CT molecular complexity index is 206. The standard InChI is InChI=1S/C11H22O3S/c1-4-5-10(3)11(15(13)14)8-9(2)6-7-12/h4,9-12H,1,5-8H2,2-3H3,(H,13,14)/p-1/t9-,10+,11-/m0/s1. The quantitative estimate of drug-likeness (QED) is 0.514. The molecule has 0 aliphatic rings. The van der Waals surface area contributed by atoms with Crippen molar-refractivity contribution in [3.63, 3.8) is 0 Å². The smallest absolute Gasteiger partial charge is 0.0433 e. The molecule has 0 saturated heterocycles. The fourth-order valence-electron chi connectivity index (χ4n) is 1.65. The highest BCUT2D eigenvalue weighted by Gasteiger charge is 2.19. The predicted octanol–water partition coefficient (Wildman–Crippen LogP) is 1.85. The van der Waals surface area contributed by atoms with Crippen LogP contribution in [0.1, 0.15) is 33.1 Å². The van der Waals surface area contributed by atoms with Crippen LogP contribution in [0.4, 0.5) is 0 Å². The van der Waals surface area contributed by atoms with Crippen molar-refractivity contribution in [2.75, 3.05) is 6.61 Å². The Labute approximate surface area is 94.9 Å². The van der Waals surface area contributed by atoms with Crippen molar-refractivity contribution in [1.29, 1.82) is 0 Å². The van der Waals surface area contributed by atoms with Crippen LogP contribution in [0, 0.1) is 11.8 Å². The summed E-state index contributed by atoms with van der Waals surface area (Å²) in [6, 6.07) is 0. The molecule has 0 radical (unpaired) electrons. The molecule has 0 heterocycles. The maximum absolute atomic E-state index is 11.1. The van der Waals surface area contributed by atoms with Gasteiger partial charge in [-0.1, -0.05) is 31.0 Å². The van der Waals surface area contributed by atoms with Crippen molar-refractivity contribution in [3.8, 4) is 0 Å². The molecule has 0 aliphatic heterocycles. The Morgan fingerprint density at radius 3 is 2.53 bits per heavy atom. The molecule has 0 aromatic heterocycles. The molecule has 4 heteroatoms. The van der Waals surface area contributed by atoms with E-state index in [2.05, 4.69) is 6.58 Å². The summed E-state index contributed by atoms with van der Waals surface area (Å²) in [6.07, 6.45) is 3.74. The molecule has 0 aliphatic carbocycles. The summed E-state index contributed by atoms with van der Waals surface area (Å²) in [5, 5.41) is 8.43. The average Bonchev–Trinajstić information content (AvgIpc) is 2.14. The molecule has 15 heavy (non-hydrogen) atoms. The molecular formula is C11H21O3S-. The van der Waals surface area contributed by atoms with Crippen LogP contribution >= 0.6 is 0 Å². The van der Waals surface area contributed by atoms with Crippen LogP contribution in [0.15, 0.2) is 12.7 Å². The number of hydrogen-bond donors (Lipinski definition) is 1. The number of hydrogen-bond acceptors (Lipinski definition) is 3. The van der Waals surface area contributed by atoms with Gasteiger partial charge in [-0.3, -0.25) is 4.21 Å². The summed E-state index contributed by atoms with van der Waals surface area (Å²) in [5.41, 5.74) is 0. The monoisotopic (exact) mass is 233 g/mol. The number of aliphatic hydroxyl groups is 1. The largest absolute Gasteiger partial charge is 0.772 e. The Kier molecular flexibility index (Phi) is 7.92. The third-order valence-electron chi connectivity index (χ3n) is 2.68. The summed E-state index contributed by atoms with van der Waals surface area (Å²) in [5.74, 6) is 0.340.